The largest absolute Gasteiger partial charge is 0.325 e. The summed E-state index contributed by atoms with van der Waals surface area (Å²) >= 11 is 7.41. The number of nitrogens with one attached hydrogen (secondary N) is 1. The minimum atomic E-state index is -0.790. The van der Waals surface area contributed by atoms with Crippen LogP contribution < -0.4 is 11.1 Å². The van der Waals surface area contributed by atoms with Crippen molar-refractivity contribution in [2.75, 3.05) is 5.32 Å². The first kappa shape index (κ1) is 16.4. The molecule has 0 spiro atoms. The maximum Gasteiger partial charge on any atom is 0.227 e. The number of benzene rings is 2. The van der Waals surface area contributed by atoms with Crippen LogP contribution in [0.4, 0.5) is 5.69 Å². The quantitative estimate of drug-likeness (QED) is 0.775. The summed E-state index contributed by atoms with van der Waals surface area (Å²) in [5.74, 6) is -0.0834. The highest BCUT2D eigenvalue weighted by Crippen LogP contribution is 2.45. The van der Waals surface area contributed by atoms with Crippen molar-refractivity contribution in [3.63, 3.8) is 0 Å². The number of para-hydroxylation sites is 1. The normalized spacial score (nSPS) is 20.8. The molecule has 0 saturated carbocycles. The first-order valence-electron chi connectivity index (χ1n) is 6.20. The van der Waals surface area contributed by atoms with Gasteiger partial charge in [0.05, 0.1) is 12.1 Å². The van der Waals surface area contributed by atoms with Crippen molar-refractivity contribution >= 4 is 51.9 Å². The van der Waals surface area contributed by atoms with E-state index in [1.54, 1.807) is 12.1 Å². The van der Waals surface area contributed by atoms with E-state index in [-0.39, 0.29) is 29.3 Å². The number of nitrogens with two attached hydrogens (primary N) is 1. The van der Waals surface area contributed by atoms with E-state index >= 15 is 0 Å². The average Bonchev–Trinajstić information content (AvgIpc) is 2.54. The smallest absolute Gasteiger partial charge is 0.227 e. The van der Waals surface area contributed by atoms with E-state index in [9.17, 15) is 4.79 Å². The van der Waals surface area contributed by atoms with Gasteiger partial charge in [0.1, 0.15) is 4.87 Å². The predicted molar refractivity (Wildman–Crippen MR) is 93.2 cm³/mol. The SMILES string of the molecule is Br.NC1(c2ccc(Cl)cc2)CC(=O)Nc2ccccc2S1. The zero-order valence-corrected chi connectivity index (χ0v) is 14.3. The molecule has 110 valence electrons. The molecule has 2 aromatic carbocycles. The highest BCUT2D eigenvalue weighted by atomic mass is 79.9. The molecule has 3 rings (SSSR count). The van der Waals surface area contributed by atoms with Gasteiger partial charge >= 0.3 is 0 Å². The molecule has 21 heavy (non-hydrogen) atoms. The van der Waals surface area contributed by atoms with Gasteiger partial charge in [0.2, 0.25) is 5.91 Å². The molecule has 3 N–H and O–H groups in total. The van der Waals surface area contributed by atoms with Crippen LogP contribution in [0.1, 0.15) is 12.0 Å². The minimum Gasteiger partial charge on any atom is -0.325 e. The van der Waals surface area contributed by atoms with Crippen molar-refractivity contribution in [2.45, 2.75) is 16.2 Å². The van der Waals surface area contributed by atoms with Crippen molar-refractivity contribution in [1.29, 1.82) is 0 Å². The summed E-state index contributed by atoms with van der Waals surface area (Å²) in [6, 6.07) is 15.0. The van der Waals surface area contributed by atoms with E-state index in [1.807, 2.05) is 36.4 Å². The summed E-state index contributed by atoms with van der Waals surface area (Å²) < 4.78 is 0. The van der Waals surface area contributed by atoms with E-state index in [0.29, 0.717) is 5.02 Å². The van der Waals surface area contributed by atoms with Crippen molar-refractivity contribution in [1.82, 2.24) is 0 Å². The number of hydrogen-bond donors (Lipinski definition) is 2. The second-order valence-electron chi connectivity index (χ2n) is 4.72. The number of fused-ring (bicyclic) bond motifs is 1. The third kappa shape index (κ3) is 3.43. The fourth-order valence-corrected chi connectivity index (χ4v) is 3.57. The molecule has 1 heterocycles. The zero-order valence-electron chi connectivity index (χ0n) is 11.0. The first-order valence-corrected chi connectivity index (χ1v) is 7.39. The number of rotatable bonds is 1. The predicted octanol–water partition coefficient (Wildman–Crippen LogP) is 4.16. The molecule has 0 fully saturated rings. The molecule has 6 heteroatoms. The summed E-state index contributed by atoms with van der Waals surface area (Å²) in [6.45, 7) is 0. The lowest BCUT2D eigenvalue weighted by Crippen LogP contribution is -2.35. The molecule has 1 unspecified atom stereocenters. The van der Waals surface area contributed by atoms with E-state index in [4.69, 9.17) is 17.3 Å². The Kier molecular flexibility index (Phi) is 4.99. The summed E-state index contributed by atoms with van der Waals surface area (Å²) in [5.41, 5.74) is 8.19. The van der Waals surface area contributed by atoms with E-state index < -0.39 is 4.87 Å². The zero-order chi connectivity index (χ0) is 14.2. The average molecular weight is 386 g/mol. The molecule has 0 radical (unpaired) electrons. The van der Waals surface area contributed by atoms with Crippen LogP contribution in [0.2, 0.25) is 5.02 Å². The second kappa shape index (κ2) is 6.40. The Morgan fingerprint density at radius 2 is 1.81 bits per heavy atom. The van der Waals surface area contributed by atoms with Crippen LogP contribution in [0.3, 0.4) is 0 Å². The van der Waals surface area contributed by atoms with E-state index in [2.05, 4.69) is 5.32 Å². The topological polar surface area (TPSA) is 55.1 Å². The lowest BCUT2D eigenvalue weighted by molar-refractivity contribution is -0.116. The number of carbonyl (C=O) groups is 1. The van der Waals surface area contributed by atoms with Crippen molar-refractivity contribution in [2.24, 2.45) is 5.73 Å². The highest BCUT2D eigenvalue weighted by molar-refractivity contribution is 8.93. The number of hydrogen-bond acceptors (Lipinski definition) is 3. The maximum absolute atomic E-state index is 12.1. The summed E-state index contributed by atoms with van der Waals surface area (Å²) in [5, 5.41) is 3.55. The van der Waals surface area contributed by atoms with E-state index in [0.717, 1.165) is 16.1 Å². The molecule has 0 saturated heterocycles. The summed E-state index contributed by atoms with van der Waals surface area (Å²) in [7, 11) is 0. The Hall–Kier alpha value is -1.01. The number of anilines is 1. The molecule has 1 aliphatic rings. The van der Waals surface area contributed by atoms with Gasteiger partial charge in [-0.15, -0.1) is 17.0 Å². The van der Waals surface area contributed by atoms with Crippen LogP contribution in [0.25, 0.3) is 0 Å². The highest BCUT2D eigenvalue weighted by Gasteiger charge is 2.35. The van der Waals surface area contributed by atoms with Crippen LogP contribution in [0.5, 0.6) is 0 Å². The molecule has 0 aromatic heterocycles. The van der Waals surface area contributed by atoms with Gasteiger partial charge in [-0.25, -0.2) is 0 Å². The Labute approximate surface area is 143 Å². The van der Waals surface area contributed by atoms with Crippen LogP contribution in [-0.4, -0.2) is 5.91 Å². The van der Waals surface area contributed by atoms with Crippen LogP contribution in [-0.2, 0) is 9.67 Å². The molecular weight excluding hydrogens is 372 g/mol. The van der Waals surface area contributed by atoms with Gasteiger partial charge in [0.25, 0.3) is 0 Å². The Bertz CT molecular complexity index is 665. The van der Waals surface area contributed by atoms with E-state index in [1.165, 1.54) is 11.8 Å². The number of carbonyl (C=O) groups excluding carboxylic acids is 1. The van der Waals surface area contributed by atoms with Gasteiger partial charge in [-0.2, -0.15) is 0 Å². The van der Waals surface area contributed by atoms with Gasteiger partial charge < -0.3 is 11.1 Å². The molecule has 1 aliphatic heterocycles. The maximum atomic E-state index is 12.1. The van der Waals surface area contributed by atoms with Crippen molar-refractivity contribution < 1.29 is 4.79 Å². The minimum absolute atomic E-state index is 0. The fourth-order valence-electron chi connectivity index (χ4n) is 2.22. The fraction of sp³-hybridized carbons (Fsp3) is 0.133. The van der Waals surface area contributed by atoms with Crippen LogP contribution in [0.15, 0.2) is 53.4 Å². The Morgan fingerprint density at radius 1 is 1.14 bits per heavy atom. The molecule has 3 nitrogen and oxygen atoms in total. The van der Waals surface area contributed by atoms with Crippen molar-refractivity contribution in [3.05, 3.63) is 59.1 Å². The number of amides is 1. The number of thioether (sulfide) groups is 1. The van der Waals surface area contributed by atoms with Gasteiger partial charge in [-0.3, -0.25) is 4.79 Å². The molecule has 1 amide bonds. The van der Waals surface area contributed by atoms with Gasteiger partial charge in [0, 0.05) is 9.92 Å². The summed E-state index contributed by atoms with van der Waals surface area (Å²) in [4.78, 5) is 12.2. The Morgan fingerprint density at radius 3 is 2.52 bits per heavy atom. The molecule has 0 aliphatic carbocycles. The lowest BCUT2D eigenvalue weighted by Gasteiger charge is -2.27. The second-order valence-corrected chi connectivity index (χ2v) is 6.53. The third-order valence-electron chi connectivity index (χ3n) is 3.21. The molecular formula is C15H14BrClN2OS. The number of halogens is 2. The monoisotopic (exact) mass is 384 g/mol. The van der Waals surface area contributed by atoms with Crippen molar-refractivity contribution in [3.8, 4) is 0 Å². The third-order valence-corrected chi connectivity index (χ3v) is 4.78. The van der Waals surface area contributed by atoms with Gasteiger partial charge in [-0.05, 0) is 29.8 Å². The molecule has 2 aromatic rings. The van der Waals surface area contributed by atoms with Gasteiger partial charge in [-0.1, -0.05) is 47.6 Å². The first-order chi connectivity index (χ1) is 9.57. The van der Waals surface area contributed by atoms with Crippen LogP contribution >= 0.6 is 40.3 Å². The standard InChI is InChI=1S/C15H13ClN2OS.BrH/c16-11-7-5-10(6-8-11)15(17)9-14(19)18-12-3-1-2-4-13(12)20-15;/h1-8H,9,17H2,(H,18,19);1H. The Balaban J connectivity index is 0.00000161. The summed E-state index contributed by atoms with van der Waals surface area (Å²) in [6.07, 6.45) is 0.216. The molecule has 0 bridgehead atoms. The lowest BCUT2D eigenvalue weighted by atomic mass is 10.0. The molecule has 1 atom stereocenters. The van der Waals surface area contributed by atoms with Crippen LogP contribution in [0, 0.1) is 0 Å². The van der Waals surface area contributed by atoms with Gasteiger partial charge in [0.15, 0.2) is 0 Å².